The fraction of sp³-hybridized carbons (Fsp3) is 0.556. The molecule has 2 aliphatic rings. The number of pyridine rings is 1. The maximum absolute atomic E-state index is 6.12. The molecule has 0 radical (unpaired) electrons. The van der Waals surface area contributed by atoms with Crippen LogP contribution in [0.25, 0.3) is 0 Å². The van der Waals surface area contributed by atoms with E-state index >= 15 is 0 Å². The van der Waals surface area contributed by atoms with Crippen LogP contribution in [0.2, 0.25) is 0 Å². The lowest BCUT2D eigenvalue weighted by Crippen LogP contribution is -2.65. The van der Waals surface area contributed by atoms with Crippen LogP contribution in [0.3, 0.4) is 0 Å². The number of nitrogens with zero attached hydrogens (tertiary/aromatic N) is 3. The van der Waals surface area contributed by atoms with E-state index in [2.05, 4.69) is 14.9 Å². The highest BCUT2D eigenvalue weighted by Gasteiger charge is 2.47. The Hall–Kier alpha value is -1.34. The molecule has 2 aromatic heterocycles. The summed E-state index contributed by atoms with van der Waals surface area (Å²) in [5, 5.41) is 3.21. The smallest absolute Gasteiger partial charge is 0.107 e. The van der Waals surface area contributed by atoms with Gasteiger partial charge in [-0.05, 0) is 25.5 Å². The van der Waals surface area contributed by atoms with Crippen molar-refractivity contribution in [3.05, 3.63) is 46.2 Å². The van der Waals surface area contributed by atoms with Crippen LogP contribution < -0.4 is 0 Å². The molecule has 0 saturated carbocycles. The Balaban J connectivity index is 1.27. The van der Waals surface area contributed by atoms with E-state index < -0.39 is 0 Å². The summed E-state index contributed by atoms with van der Waals surface area (Å²) >= 11 is 1.72. The standard InChI is InChI=1S/C18H23N3O2S/c1-14-3-2-4-15(20-14)11-22-16-5-7-23-18(9-16)12-21(13-18)10-17-19-6-8-24-17/h2-4,6,8,16H,5,7,9-13H2,1H3/t16-/m1/s1. The Morgan fingerprint density at radius 3 is 3.12 bits per heavy atom. The first-order valence-corrected chi connectivity index (χ1v) is 9.38. The second-order valence-corrected chi connectivity index (χ2v) is 7.78. The first kappa shape index (κ1) is 16.1. The SMILES string of the molecule is Cc1cccc(CO[C@@H]2CCOC3(C2)CN(Cc2nccs2)C3)n1. The molecule has 24 heavy (non-hydrogen) atoms. The number of aryl methyl sites for hydroxylation is 1. The minimum Gasteiger partial charge on any atom is -0.372 e. The third-order valence-corrected chi connectivity index (χ3v) is 5.49. The van der Waals surface area contributed by atoms with E-state index in [0.717, 1.165) is 50.5 Å². The number of rotatable bonds is 5. The maximum atomic E-state index is 6.12. The van der Waals surface area contributed by atoms with Crippen LogP contribution in [0.5, 0.6) is 0 Å². The van der Waals surface area contributed by atoms with Gasteiger partial charge in [0.15, 0.2) is 0 Å². The quantitative estimate of drug-likeness (QED) is 0.834. The molecule has 0 amide bonds. The normalized spacial score (nSPS) is 23.3. The molecule has 4 rings (SSSR count). The van der Waals surface area contributed by atoms with Gasteiger partial charge in [0.05, 0.1) is 30.6 Å². The first-order chi connectivity index (χ1) is 11.7. The van der Waals surface area contributed by atoms with Gasteiger partial charge in [-0.2, -0.15) is 0 Å². The fourth-order valence-electron chi connectivity index (χ4n) is 3.63. The highest BCUT2D eigenvalue weighted by atomic mass is 32.1. The lowest BCUT2D eigenvalue weighted by atomic mass is 9.84. The summed E-state index contributed by atoms with van der Waals surface area (Å²) in [5.41, 5.74) is 2.03. The zero-order valence-electron chi connectivity index (χ0n) is 14.0. The van der Waals surface area contributed by atoms with E-state index in [1.807, 2.05) is 36.7 Å². The number of hydrogen-bond acceptors (Lipinski definition) is 6. The fourth-order valence-corrected chi connectivity index (χ4v) is 4.29. The topological polar surface area (TPSA) is 47.5 Å². The van der Waals surface area contributed by atoms with E-state index in [-0.39, 0.29) is 11.7 Å². The summed E-state index contributed by atoms with van der Waals surface area (Å²) in [6.07, 6.45) is 4.09. The zero-order valence-corrected chi connectivity index (χ0v) is 14.8. The highest BCUT2D eigenvalue weighted by Crippen LogP contribution is 2.36. The summed E-state index contributed by atoms with van der Waals surface area (Å²) in [6.45, 7) is 6.28. The third-order valence-electron chi connectivity index (χ3n) is 4.73. The first-order valence-electron chi connectivity index (χ1n) is 8.50. The molecule has 0 aliphatic carbocycles. The predicted molar refractivity (Wildman–Crippen MR) is 92.9 cm³/mol. The van der Waals surface area contributed by atoms with Gasteiger partial charge in [0.1, 0.15) is 5.01 Å². The lowest BCUT2D eigenvalue weighted by Gasteiger charge is -2.53. The molecule has 4 heterocycles. The van der Waals surface area contributed by atoms with Gasteiger partial charge in [0, 0.05) is 43.4 Å². The molecule has 6 heteroatoms. The van der Waals surface area contributed by atoms with Gasteiger partial charge >= 0.3 is 0 Å². The molecule has 1 atom stereocenters. The third kappa shape index (κ3) is 3.67. The number of likely N-dealkylation sites (tertiary alicyclic amines) is 1. The van der Waals surface area contributed by atoms with Gasteiger partial charge in [-0.25, -0.2) is 4.98 Å². The molecule has 0 unspecified atom stereocenters. The summed E-state index contributed by atoms with van der Waals surface area (Å²) in [6, 6.07) is 6.08. The van der Waals surface area contributed by atoms with Crippen LogP contribution in [-0.4, -0.2) is 46.3 Å². The molecular weight excluding hydrogens is 322 g/mol. The van der Waals surface area contributed by atoms with Crippen molar-refractivity contribution in [2.45, 2.75) is 44.6 Å². The second-order valence-electron chi connectivity index (χ2n) is 6.80. The predicted octanol–water partition coefficient (Wildman–Crippen LogP) is 2.80. The van der Waals surface area contributed by atoms with Crippen molar-refractivity contribution >= 4 is 11.3 Å². The summed E-state index contributed by atoms with van der Waals surface area (Å²) < 4.78 is 12.2. The average Bonchev–Trinajstić information content (AvgIpc) is 3.05. The van der Waals surface area contributed by atoms with Crippen LogP contribution in [0, 0.1) is 6.92 Å². The number of ether oxygens (including phenoxy) is 2. The Morgan fingerprint density at radius 2 is 2.33 bits per heavy atom. The highest BCUT2D eigenvalue weighted by molar-refractivity contribution is 7.09. The van der Waals surface area contributed by atoms with Gasteiger partial charge in [0.2, 0.25) is 0 Å². The number of thiazole rings is 1. The van der Waals surface area contributed by atoms with Gasteiger partial charge in [0.25, 0.3) is 0 Å². The monoisotopic (exact) mass is 345 g/mol. The van der Waals surface area contributed by atoms with Crippen molar-refractivity contribution in [1.29, 1.82) is 0 Å². The van der Waals surface area contributed by atoms with Crippen LogP contribution >= 0.6 is 11.3 Å². The van der Waals surface area contributed by atoms with Gasteiger partial charge in [-0.15, -0.1) is 11.3 Å². The summed E-state index contributed by atoms with van der Waals surface area (Å²) in [4.78, 5) is 11.3. The molecule has 128 valence electrons. The minimum absolute atomic E-state index is 0.0137. The summed E-state index contributed by atoms with van der Waals surface area (Å²) in [5.74, 6) is 0. The minimum atomic E-state index is -0.0137. The molecule has 0 N–H and O–H groups in total. The van der Waals surface area contributed by atoms with Crippen molar-refractivity contribution in [1.82, 2.24) is 14.9 Å². The van der Waals surface area contributed by atoms with E-state index in [9.17, 15) is 0 Å². The molecule has 1 spiro atoms. The van der Waals surface area contributed by atoms with E-state index in [1.54, 1.807) is 11.3 Å². The molecule has 0 aromatic carbocycles. The van der Waals surface area contributed by atoms with Crippen molar-refractivity contribution in [3.8, 4) is 0 Å². The van der Waals surface area contributed by atoms with Crippen LogP contribution in [0.15, 0.2) is 29.8 Å². The van der Waals surface area contributed by atoms with Gasteiger partial charge in [-0.3, -0.25) is 9.88 Å². The van der Waals surface area contributed by atoms with Crippen molar-refractivity contribution in [3.63, 3.8) is 0 Å². The molecule has 5 nitrogen and oxygen atoms in total. The summed E-state index contributed by atoms with van der Waals surface area (Å²) in [7, 11) is 0. The Bertz CT molecular complexity index is 671. The van der Waals surface area contributed by atoms with Gasteiger partial charge < -0.3 is 9.47 Å². The van der Waals surface area contributed by atoms with E-state index in [0.29, 0.717) is 6.61 Å². The van der Waals surface area contributed by atoms with Crippen molar-refractivity contribution < 1.29 is 9.47 Å². The van der Waals surface area contributed by atoms with Crippen LogP contribution in [0.1, 0.15) is 29.2 Å². The Labute approximate surface area is 146 Å². The van der Waals surface area contributed by atoms with Crippen molar-refractivity contribution in [2.24, 2.45) is 0 Å². The number of hydrogen-bond donors (Lipinski definition) is 0. The average molecular weight is 345 g/mol. The van der Waals surface area contributed by atoms with Crippen LogP contribution in [-0.2, 0) is 22.6 Å². The maximum Gasteiger partial charge on any atom is 0.107 e. The molecule has 2 saturated heterocycles. The van der Waals surface area contributed by atoms with Gasteiger partial charge in [-0.1, -0.05) is 6.07 Å². The molecule has 2 aromatic rings. The zero-order chi connectivity index (χ0) is 16.4. The van der Waals surface area contributed by atoms with E-state index in [4.69, 9.17) is 9.47 Å². The van der Waals surface area contributed by atoms with Crippen LogP contribution in [0.4, 0.5) is 0 Å². The molecule has 2 fully saturated rings. The van der Waals surface area contributed by atoms with Crippen molar-refractivity contribution in [2.75, 3.05) is 19.7 Å². The lowest BCUT2D eigenvalue weighted by molar-refractivity contribution is -0.200. The largest absolute Gasteiger partial charge is 0.372 e. The van der Waals surface area contributed by atoms with E-state index in [1.165, 1.54) is 5.01 Å². The molecule has 2 aliphatic heterocycles. The Kier molecular flexibility index (Phi) is 4.63. The number of aromatic nitrogens is 2. The second kappa shape index (κ2) is 6.88. The molecule has 0 bridgehead atoms. The Morgan fingerprint density at radius 1 is 1.42 bits per heavy atom. The molecular formula is C18H23N3O2S.